The molecule has 6 nitrogen and oxygen atoms in total. The van der Waals surface area contributed by atoms with Crippen LogP contribution in [0.2, 0.25) is 0 Å². The topological polar surface area (TPSA) is 67.9 Å². The first kappa shape index (κ1) is 20.7. The van der Waals surface area contributed by atoms with E-state index in [1.165, 1.54) is 0 Å². The summed E-state index contributed by atoms with van der Waals surface area (Å²) in [6, 6.07) is 19.6. The zero-order chi connectivity index (χ0) is 21.6. The molecule has 0 atom stereocenters. The number of fused-ring (bicyclic) bond motifs is 2. The molecule has 3 aromatic carbocycles. The number of nitrogens with one attached hydrogen (secondary N) is 1. The molecule has 0 saturated carbocycles. The third-order valence-corrected chi connectivity index (χ3v) is 5.38. The zero-order valence-electron chi connectivity index (χ0n) is 17.6. The summed E-state index contributed by atoms with van der Waals surface area (Å²) >= 11 is 0. The molecule has 0 unspecified atom stereocenters. The number of benzene rings is 3. The van der Waals surface area contributed by atoms with Crippen LogP contribution in [0.4, 0.5) is 0 Å². The Morgan fingerprint density at radius 3 is 2.58 bits per heavy atom. The fraction of sp³-hybridized carbons (Fsp3) is 0.280. The molecule has 0 radical (unpaired) electrons. The first-order valence-corrected chi connectivity index (χ1v) is 10.5. The summed E-state index contributed by atoms with van der Waals surface area (Å²) in [7, 11) is 0. The second-order valence-electron chi connectivity index (χ2n) is 7.48. The van der Waals surface area contributed by atoms with Crippen LogP contribution in [0.15, 0.2) is 60.7 Å². The molecule has 1 aliphatic heterocycles. The van der Waals surface area contributed by atoms with Crippen molar-refractivity contribution in [3.63, 3.8) is 0 Å². The van der Waals surface area contributed by atoms with Gasteiger partial charge in [0.15, 0.2) is 11.5 Å². The number of ether oxygens (including phenoxy) is 2. The maximum atomic E-state index is 12.7. The first-order chi connectivity index (χ1) is 15.1. The highest BCUT2D eigenvalue weighted by Gasteiger charge is 2.17. The molecule has 0 fully saturated rings. The molecular weight excluding hydrogens is 392 g/mol. The number of rotatable bonds is 7. The molecule has 1 aliphatic rings. The molecule has 0 aliphatic carbocycles. The van der Waals surface area contributed by atoms with Crippen molar-refractivity contribution in [2.45, 2.75) is 19.9 Å². The van der Waals surface area contributed by atoms with Gasteiger partial charge < -0.3 is 19.7 Å². The lowest BCUT2D eigenvalue weighted by Gasteiger charge is -2.23. The van der Waals surface area contributed by atoms with Crippen molar-refractivity contribution < 1.29 is 19.1 Å². The average molecular weight is 418 g/mol. The van der Waals surface area contributed by atoms with Crippen molar-refractivity contribution in [3.05, 3.63) is 71.8 Å². The van der Waals surface area contributed by atoms with Crippen LogP contribution >= 0.6 is 0 Å². The quantitative estimate of drug-likeness (QED) is 0.639. The van der Waals surface area contributed by atoms with Crippen LogP contribution in [0.5, 0.6) is 11.5 Å². The number of likely N-dealkylation sites (N-methyl/N-ethyl adjacent to an activating group) is 1. The average Bonchev–Trinajstić information content (AvgIpc) is 2.81. The Morgan fingerprint density at radius 2 is 1.74 bits per heavy atom. The van der Waals surface area contributed by atoms with Crippen LogP contribution < -0.4 is 14.8 Å². The third kappa shape index (κ3) is 4.97. The Kier molecular flexibility index (Phi) is 6.36. The van der Waals surface area contributed by atoms with Gasteiger partial charge in [-0.1, -0.05) is 48.5 Å². The van der Waals surface area contributed by atoms with Gasteiger partial charge in [0.25, 0.3) is 0 Å². The van der Waals surface area contributed by atoms with E-state index < -0.39 is 0 Å². The summed E-state index contributed by atoms with van der Waals surface area (Å²) in [5.41, 5.74) is 1.91. The van der Waals surface area contributed by atoms with Crippen molar-refractivity contribution >= 4 is 22.6 Å². The minimum atomic E-state index is -0.167. The summed E-state index contributed by atoms with van der Waals surface area (Å²) in [5.74, 6) is 1.14. The van der Waals surface area contributed by atoms with Crippen molar-refractivity contribution in [1.29, 1.82) is 0 Å². The fourth-order valence-corrected chi connectivity index (χ4v) is 3.75. The van der Waals surface area contributed by atoms with Gasteiger partial charge in [-0.3, -0.25) is 9.59 Å². The summed E-state index contributed by atoms with van der Waals surface area (Å²) in [5, 5.41) is 4.92. The lowest BCUT2D eigenvalue weighted by molar-refractivity contribution is -0.133. The fourth-order valence-electron chi connectivity index (χ4n) is 3.75. The standard InChI is InChI=1S/C25H26N2O4/c1-2-27(17-18-10-11-22-23(14-18)31-13-12-30-22)25(29)16-26-24(28)15-20-8-5-7-19-6-3-4-9-21(19)20/h3-11,14H,2,12-13,15-17H2,1H3,(H,26,28). The van der Waals surface area contributed by atoms with E-state index in [2.05, 4.69) is 5.32 Å². The third-order valence-electron chi connectivity index (χ3n) is 5.38. The normalized spacial score (nSPS) is 12.4. The molecule has 0 spiro atoms. The van der Waals surface area contributed by atoms with Gasteiger partial charge in [-0.25, -0.2) is 0 Å². The van der Waals surface area contributed by atoms with E-state index in [1.807, 2.05) is 67.6 Å². The minimum absolute atomic E-state index is 0.0258. The molecule has 4 rings (SSSR count). The SMILES string of the molecule is CCN(Cc1ccc2c(c1)OCCO2)C(=O)CNC(=O)Cc1cccc2ccccc12. The second kappa shape index (κ2) is 9.51. The van der Waals surface area contributed by atoms with E-state index in [0.717, 1.165) is 27.6 Å². The van der Waals surface area contributed by atoms with Crippen LogP contribution in [0.3, 0.4) is 0 Å². The molecule has 0 bridgehead atoms. The smallest absolute Gasteiger partial charge is 0.242 e. The van der Waals surface area contributed by atoms with Gasteiger partial charge in [-0.05, 0) is 41.0 Å². The number of nitrogens with zero attached hydrogens (tertiary/aromatic N) is 1. The van der Waals surface area contributed by atoms with Gasteiger partial charge in [0.2, 0.25) is 11.8 Å². The molecule has 1 N–H and O–H groups in total. The lowest BCUT2D eigenvalue weighted by atomic mass is 10.0. The Labute approximate surface area is 181 Å². The minimum Gasteiger partial charge on any atom is -0.486 e. The largest absolute Gasteiger partial charge is 0.486 e. The summed E-state index contributed by atoms with van der Waals surface area (Å²) < 4.78 is 11.2. The van der Waals surface area contributed by atoms with Crippen molar-refractivity contribution in [3.8, 4) is 11.5 Å². The highest BCUT2D eigenvalue weighted by atomic mass is 16.6. The molecule has 0 saturated heterocycles. The van der Waals surface area contributed by atoms with Crippen molar-refractivity contribution in [2.24, 2.45) is 0 Å². The number of carbonyl (C=O) groups is 2. The maximum Gasteiger partial charge on any atom is 0.242 e. The zero-order valence-corrected chi connectivity index (χ0v) is 17.6. The molecular formula is C25H26N2O4. The number of hydrogen-bond donors (Lipinski definition) is 1. The van der Waals surface area contributed by atoms with Crippen LogP contribution in [-0.2, 0) is 22.6 Å². The highest BCUT2D eigenvalue weighted by molar-refractivity contribution is 5.91. The predicted molar refractivity (Wildman–Crippen MR) is 119 cm³/mol. The van der Waals surface area contributed by atoms with E-state index in [1.54, 1.807) is 4.90 Å². The molecule has 2 amide bonds. The van der Waals surface area contributed by atoms with Gasteiger partial charge in [-0.15, -0.1) is 0 Å². The van der Waals surface area contributed by atoms with Crippen LogP contribution in [-0.4, -0.2) is 43.0 Å². The maximum absolute atomic E-state index is 12.7. The van der Waals surface area contributed by atoms with E-state index in [-0.39, 0.29) is 24.8 Å². The lowest BCUT2D eigenvalue weighted by Crippen LogP contribution is -2.40. The second-order valence-corrected chi connectivity index (χ2v) is 7.48. The van der Waals surface area contributed by atoms with Crippen LogP contribution in [0, 0.1) is 0 Å². The van der Waals surface area contributed by atoms with Crippen molar-refractivity contribution in [1.82, 2.24) is 10.2 Å². The van der Waals surface area contributed by atoms with E-state index >= 15 is 0 Å². The monoisotopic (exact) mass is 418 g/mol. The molecule has 3 aromatic rings. The molecule has 1 heterocycles. The van der Waals surface area contributed by atoms with Gasteiger partial charge in [-0.2, -0.15) is 0 Å². The first-order valence-electron chi connectivity index (χ1n) is 10.5. The van der Waals surface area contributed by atoms with Gasteiger partial charge in [0.05, 0.1) is 13.0 Å². The Hall–Kier alpha value is -3.54. The Morgan fingerprint density at radius 1 is 0.968 bits per heavy atom. The van der Waals surface area contributed by atoms with Gasteiger partial charge in [0, 0.05) is 13.1 Å². The number of carbonyl (C=O) groups excluding carboxylic acids is 2. The molecule has 0 aromatic heterocycles. The van der Waals surface area contributed by atoms with Crippen molar-refractivity contribution in [2.75, 3.05) is 26.3 Å². The Bertz CT molecular complexity index is 1090. The van der Waals surface area contributed by atoms with E-state index in [0.29, 0.717) is 32.1 Å². The summed E-state index contributed by atoms with van der Waals surface area (Å²) in [4.78, 5) is 26.9. The molecule has 160 valence electrons. The number of amides is 2. The van der Waals surface area contributed by atoms with E-state index in [4.69, 9.17) is 9.47 Å². The van der Waals surface area contributed by atoms with E-state index in [9.17, 15) is 9.59 Å². The highest BCUT2D eigenvalue weighted by Crippen LogP contribution is 2.31. The number of hydrogen-bond acceptors (Lipinski definition) is 4. The van der Waals surface area contributed by atoms with Crippen LogP contribution in [0.25, 0.3) is 10.8 Å². The molecule has 31 heavy (non-hydrogen) atoms. The Balaban J connectivity index is 1.34. The van der Waals surface area contributed by atoms with Crippen LogP contribution in [0.1, 0.15) is 18.1 Å². The molecule has 6 heteroatoms. The summed E-state index contributed by atoms with van der Waals surface area (Å²) in [6.07, 6.45) is 0.239. The predicted octanol–water partition coefficient (Wildman–Crippen LogP) is 3.32. The van der Waals surface area contributed by atoms with Gasteiger partial charge >= 0.3 is 0 Å². The van der Waals surface area contributed by atoms with Gasteiger partial charge in [0.1, 0.15) is 13.2 Å². The summed E-state index contributed by atoms with van der Waals surface area (Å²) in [6.45, 7) is 3.97.